The van der Waals surface area contributed by atoms with E-state index in [0.29, 0.717) is 17.1 Å². The Bertz CT molecular complexity index is 502. The van der Waals surface area contributed by atoms with Crippen molar-refractivity contribution in [1.29, 1.82) is 0 Å². The summed E-state index contributed by atoms with van der Waals surface area (Å²) in [4.78, 5) is 22.4. The van der Waals surface area contributed by atoms with Crippen LogP contribution in [0.3, 0.4) is 0 Å². The molecule has 0 saturated heterocycles. The number of hydrogen-bond acceptors (Lipinski definition) is 6. The largest absolute Gasteiger partial charge is 0.493 e. The fourth-order valence-electron chi connectivity index (χ4n) is 1.81. The van der Waals surface area contributed by atoms with Crippen LogP contribution in [0.4, 0.5) is 0 Å². The van der Waals surface area contributed by atoms with Gasteiger partial charge in [0.05, 0.1) is 27.8 Å². The Labute approximate surface area is 122 Å². The number of aliphatic carboxylic acids is 1. The lowest BCUT2D eigenvalue weighted by Crippen LogP contribution is -2.31. The van der Waals surface area contributed by atoms with Crippen LogP contribution in [0.25, 0.3) is 0 Å². The minimum absolute atomic E-state index is 0.0964. The Hall–Kier alpha value is -2.28. The predicted molar refractivity (Wildman–Crippen MR) is 74.6 cm³/mol. The number of methoxy groups -OCH3 is 3. The Kier molecular flexibility index (Phi) is 6.48. The maximum Gasteiger partial charge on any atom is 0.327 e. The second-order valence-corrected chi connectivity index (χ2v) is 4.17. The number of carbonyl (C=O) groups excluding carboxylic acids is 1. The summed E-state index contributed by atoms with van der Waals surface area (Å²) < 4.78 is 15.0. The van der Waals surface area contributed by atoms with Crippen LogP contribution in [-0.4, -0.2) is 44.9 Å². The van der Waals surface area contributed by atoms with E-state index in [2.05, 4.69) is 5.32 Å². The lowest BCUT2D eigenvalue weighted by atomic mass is 10.1. The lowest BCUT2D eigenvalue weighted by molar-refractivity contribution is -0.144. The highest BCUT2D eigenvalue weighted by Gasteiger charge is 2.22. The SMILES string of the molecule is COC(=O)C(NCCC(=O)O)c1ccc(OC)c(OC)c1. The first-order valence-electron chi connectivity index (χ1n) is 6.28. The summed E-state index contributed by atoms with van der Waals surface area (Å²) in [7, 11) is 4.28. The number of rotatable bonds is 8. The van der Waals surface area contributed by atoms with Crippen LogP contribution in [0, 0.1) is 0 Å². The topological polar surface area (TPSA) is 94.1 Å². The number of benzene rings is 1. The first-order chi connectivity index (χ1) is 10.0. The Morgan fingerprint density at radius 3 is 2.38 bits per heavy atom. The summed E-state index contributed by atoms with van der Waals surface area (Å²) in [5, 5.41) is 11.5. The summed E-state index contributed by atoms with van der Waals surface area (Å²) in [5.74, 6) is -0.439. The van der Waals surface area contributed by atoms with Gasteiger partial charge in [-0.05, 0) is 17.7 Å². The molecule has 21 heavy (non-hydrogen) atoms. The lowest BCUT2D eigenvalue weighted by Gasteiger charge is -2.18. The quantitative estimate of drug-likeness (QED) is 0.691. The van der Waals surface area contributed by atoms with E-state index in [1.54, 1.807) is 18.2 Å². The van der Waals surface area contributed by atoms with Crippen molar-refractivity contribution >= 4 is 11.9 Å². The van der Waals surface area contributed by atoms with Crippen LogP contribution in [0.2, 0.25) is 0 Å². The molecule has 7 nitrogen and oxygen atoms in total. The second kappa shape index (κ2) is 8.11. The molecule has 0 amide bonds. The molecular formula is C14H19NO6. The van der Waals surface area contributed by atoms with Crippen molar-refractivity contribution < 1.29 is 28.9 Å². The van der Waals surface area contributed by atoms with Crippen LogP contribution >= 0.6 is 0 Å². The van der Waals surface area contributed by atoms with Gasteiger partial charge in [-0.15, -0.1) is 0 Å². The number of carbonyl (C=O) groups is 2. The van der Waals surface area contributed by atoms with Gasteiger partial charge in [0, 0.05) is 6.54 Å². The van der Waals surface area contributed by atoms with Gasteiger partial charge in [0.25, 0.3) is 0 Å². The van der Waals surface area contributed by atoms with Gasteiger partial charge in [-0.1, -0.05) is 6.07 Å². The monoisotopic (exact) mass is 297 g/mol. The zero-order valence-corrected chi connectivity index (χ0v) is 12.2. The molecule has 0 heterocycles. The standard InChI is InChI=1S/C14H19NO6/c1-19-10-5-4-9(8-11(10)20-2)13(14(18)21-3)15-7-6-12(16)17/h4-5,8,13,15H,6-7H2,1-3H3,(H,16,17). The Morgan fingerprint density at radius 2 is 1.86 bits per heavy atom. The van der Waals surface area contributed by atoms with Crippen molar-refractivity contribution in [3.05, 3.63) is 23.8 Å². The third kappa shape index (κ3) is 4.64. The van der Waals surface area contributed by atoms with E-state index in [1.165, 1.54) is 21.3 Å². The molecule has 0 spiro atoms. The van der Waals surface area contributed by atoms with Crippen LogP contribution < -0.4 is 14.8 Å². The van der Waals surface area contributed by atoms with E-state index in [4.69, 9.17) is 19.3 Å². The van der Waals surface area contributed by atoms with Gasteiger partial charge in [-0.2, -0.15) is 0 Å². The molecule has 0 aliphatic heterocycles. The highest BCUT2D eigenvalue weighted by molar-refractivity contribution is 5.78. The minimum Gasteiger partial charge on any atom is -0.493 e. The van der Waals surface area contributed by atoms with Gasteiger partial charge in [0.2, 0.25) is 0 Å². The average Bonchev–Trinajstić information content (AvgIpc) is 2.50. The highest BCUT2D eigenvalue weighted by atomic mass is 16.5. The normalized spacial score (nSPS) is 11.6. The molecule has 0 saturated carbocycles. The van der Waals surface area contributed by atoms with Crippen LogP contribution in [0.5, 0.6) is 11.5 Å². The van der Waals surface area contributed by atoms with Crippen LogP contribution in [0.1, 0.15) is 18.0 Å². The van der Waals surface area contributed by atoms with E-state index >= 15 is 0 Å². The van der Waals surface area contributed by atoms with Gasteiger partial charge in [0.1, 0.15) is 6.04 Å². The molecule has 116 valence electrons. The summed E-state index contributed by atoms with van der Waals surface area (Å²) >= 11 is 0. The molecule has 0 aliphatic rings. The van der Waals surface area contributed by atoms with E-state index in [0.717, 1.165) is 0 Å². The molecule has 1 aromatic carbocycles. The highest BCUT2D eigenvalue weighted by Crippen LogP contribution is 2.30. The fourth-order valence-corrected chi connectivity index (χ4v) is 1.81. The average molecular weight is 297 g/mol. The van der Waals surface area contributed by atoms with E-state index < -0.39 is 18.0 Å². The molecule has 2 N–H and O–H groups in total. The van der Waals surface area contributed by atoms with Crippen molar-refractivity contribution in [3.63, 3.8) is 0 Å². The fraction of sp³-hybridized carbons (Fsp3) is 0.429. The summed E-state index contributed by atoms with van der Waals surface area (Å²) in [6.07, 6.45) is -0.0964. The summed E-state index contributed by atoms with van der Waals surface area (Å²) in [6, 6.07) is 4.24. The molecule has 1 aromatic rings. The zero-order chi connectivity index (χ0) is 15.8. The smallest absolute Gasteiger partial charge is 0.327 e. The number of carboxylic acid groups (broad SMARTS) is 1. The minimum atomic E-state index is -0.946. The third-order valence-electron chi connectivity index (χ3n) is 2.87. The Balaban J connectivity index is 2.97. The molecule has 0 fully saturated rings. The molecule has 0 radical (unpaired) electrons. The van der Waals surface area contributed by atoms with Gasteiger partial charge in [-0.25, -0.2) is 4.79 Å². The van der Waals surface area contributed by atoms with E-state index in [1.807, 2.05) is 0 Å². The number of carboxylic acids is 1. The number of nitrogens with one attached hydrogen (secondary N) is 1. The summed E-state index contributed by atoms with van der Waals surface area (Å²) in [6.45, 7) is 0.142. The van der Waals surface area contributed by atoms with Crippen LogP contribution in [0.15, 0.2) is 18.2 Å². The Morgan fingerprint density at radius 1 is 1.19 bits per heavy atom. The van der Waals surface area contributed by atoms with Crippen molar-refractivity contribution in [2.45, 2.75) is 12.5 Å². The first-order valence-corrected chi connectivity index (χ1v) is 6.28. The third-order valence-corrected chi connectivity index (χ3v) is 2.87. The predicted octanol–water partition coefficient (Wildman–Crippen LogP) is 0.982. The molecular weight excluding hydrogens is 278 g/mol. The van der Waals surface area contributed by atoms with Crippen LogP contribution in [-0.2, 0) is 14.3 Å². The number of esters is 1. The molecule has 0 aliphatic carbocycles. The molecule has 1 rings (SSSR count). The van der Waals surface area contributed by atoms with Crippen molar-refractivity contribution in [3.8, 4) is 11.5 Å². The molecule has 0 bridgehead atoms. The molecule has 1 atom stereocenters. The second-order valence-electron chi connectivity index (χ2n) is 4.17. The van der Waals surface area contributed by atoms with E-state index in [-0.39, 0.29) is 13.0 Å². The van der Waals surface area contributed by atoms with E-state index in [9.17, 15) is 9.59 Å². The molecule has 0 aromatic heterocycles. The molecule has 1 unspecified atom stereocenters. The van der Waals surface area contributed by atoms with Crippen molar-refractivity contribution in [2.75, 3.05) is 27.9 Å². The zero-order valence-electron chi connectivity index (χ0n) is 12.2. The van der Waals surface area contributed by atoms with Gasteiger partial charge < -0.3 is 24.6 Å². The first kappa shape index (κ1) is 16.8. The van der Waals surface area contributed by atoms with Crippen molar-refractivity contribution in [1.82, 2.24) is 5.32 Å². The van der Waals surface area contributed by atoms with Gasteiger partial charge in [0.15, 0.2) is 11.5 Å². The van der Waals surface area contributed by atoms with Gasteiger partial charge >= 0.3 is 11.9 Å². The maximum absolute atomic E-state index is 11.8. The number of ether oxygens (including phenoxy) is 3. The summed E-state index contributed by atoms with van der Waals surface area (Å²) in [5.41, 5.74) is 0.602. The molecule has 7 heteroatoms. The van der Waals surface area contributed by atoms with Crippen molar-refractivity contribution in [2.24, 2.45) is 0 Å². The van der Waals surface area contributed by atoms with Gasteiger partial charge in [-0.3, -0.25) is 4.79 Å². The maximum atomic E-state index is 11.8. The number of hydrogen-bond donors (Lipinski definition) is 2.